The zero-order valence-corrected chi connectivity index (χ0v) is 12.0. The molecule has 21 heavy (non-hydrogen) atoms. The molecule has 0 aromatic heterocycles. The molecule has 0 aliphatic rings. The number of alkyl halides is 2. The van der Waals surface area contributed by atoms with E-state index in [2.05, 4.69) is 5.32 Å². The molecule has 2 nitrogen and oxygen atoms in total. The van der Waals surface area contributed by atoms with E-state index in [1.807, 2.05) is 37.3 Å². The number of nitrogens with one attached hydrogen (secondary N) is 1. The van der Waals surface area contributed by atoms with Gasteiger partial charge in [0.05, 0.1) is 6.61 Å². The van der Waals surface area contributed by atoms with E-state index >= 15 is 0 Å². The predicted octanol–water partition coefficient (Wildman–Crippen LogP) is 4.77. The molecule has 0 spiro atoms. The Morgan fingerprint density at radius 3 is 2.67 bits per heavy atom. The summed E-state index contributed by atoms with van der Waals surface area (Å²) in [5.74, 6) is 0. The lowest BCUT2D eigenvalue weighted by atomic mass is 10.1. The maximum Gasteiger partial charge on any atom is 0.263 e. The van der Waals surface area contributed by atoms with E-state index < -0.39 is 6.43 Å². The first-order valence-corrected chi connectivity index (χ1v) is 6.97. The molecule has 0 unspecified atom stereocenters. The summed E-state index contributed by atoms with van der Waals surface area (Å²) < 4.78 is 30.8. The Hall–Kier alpha value is -1.94. The average Bonchev–Trinajstić information content (AvgIpc) is 2.52. The standard InChI is InChI=1S/C17H19F2NO/c1-2-21-12-15-7-3-4-9-16(15)20-11-13-6-5-8-14(10-13)17(18)19/h3-10,17,20H,2,11-12H2,1H3. The van der Waals surface area contributed by atoms with Crippen molar-refractivity contribution in [1.82, 2.24) is 0 Å². The molecule has 1 N–H and O–H groups in total. The molecule has 0 amide bonds. The van der Waals surface area contributed by atoms with Crippen LogP contribution in [0.1, 0.15) is 30.0 Å². The molecule has 0 bridgehead atoms. The second-order valence-electron chi connectivity index (χ2n) is 4.69. The third kappa shape index (κ3) is 4.53. The molecular formula is C17H19F2NO. The first-order chi connectivity index (χ1) is 10.2. The van der Waals surface area contributed by atoms with Gasteiger partial charge in [0, 0.05) is 30.0 Å². The van der Waals surface area contributed by atoms with Crippen molar-refractivity contribution in [2.75, 3.05) is 11.9 Å². The third-order valence-corrected chi connectivity index (χ3v) is 3.17. The summed E-state index contributed by atoms with van der Waals surface area (Å²) in [7, 11) is 0. The van der Waals surface area contributed by atoms with Gasteiger partial charge in [-0.15, -0.1) is 0 Å². The first-order valence-electron chi connectivity index (χ1n) is 6.97. The van der Waals surface area contributed by atoms with Crippen LogP contribution in [0.2, 0.25) is 0 Å². The number of para-hydroxylation sites is 1. The van der Waals surface area contributed by atoms with Gasteiger partial charge >= 0.3 is 0 Å². The van der Waals surface area contributed by atoms with Gasteiger partial charge in [-0.2, -0.15) is 0 Å². The number of ether oxygens (including phenoxy) is 1. The van der Waals surface area contributed by atoms with Gasteiger partial charge in [-0.1, -0.05) is 36.4 Å². The van der Waals surface area contributed by atoms with Crippen LogP contribution in [0.4, 0.5) is 14.5 Å². The second-order valence-corrected chi connectivity index (χ2v) is 4.69. The second kappa shape index (κ2) is 7.74. The monoisotopic (exact) mass is 291 g/mol. The zero-order valence-electron chi connectivity index (χ0n) is 12.0. The molecule has 2 rings (SSSR count). The van der Waals surface area contributed by atoms with Gasteiger partial charge in [0.1, 0.15) is 0 Å². The fourth-order valence-corrected chi connectivity index (χ4v) is 2.07. The maximum absolute atomic E-state index is 12.7. The summed E-state index contributed by atoms with van der Waals surface area (Å²) in [5.41, 5.74) is 2.91. The molecule has 4 heteroatoms. The predicted molar refractivity (Wildman–Crippen MR) is 80.5 cm³/mol. The van der Waals surface area contributed by atoms with E-state index in [0.717, 1.165) is 16.8 Å². The first kappa shape index (κ1) is 15.4. The molecule has 0 saturated carbocycles. The molecule has 0 atom stereocenters. The van der Waals surface area contributed by atoms with E-state index in [1.165, 1.54) is 12.1 Å². The van der Waals surface area contributed by atoms with Crippen LogP contribution >= 0.6 is 0 Å². The van der Waals surface area contributed by atoms with Gasteiger partial charge in [-0.25, -0.2) is 8.78 Å². The van der Waals surface area contributed by atoms with Gasteiger partial charge in [0.2, 0.25) is 0 Å². The summed E-state index contributed by atoms with van der Waals surface area (Å²) >= 11 is 0. The van der Waals surface area contributed by atoms with Crippen LogP contribution in [0.15, 0.2) is 48.5 Å². The van der Waals surface area contributed by atoms with Gasteiger partial charge in [0.15, 0.2) is 0 Å². The Morgan fingerprint density at radius 1 is 1.10 bits per heavy atom. The minimum atomic E-state index is -2.44. The highest BCUT2D eigenvalue weighted by Crippen LogP contribution is 2.21. The lowest BCUT2D eigenvalue weighted by Crippen LogP contribution is -2.04. The number of anilines is 1. The molecule has 0 radical (unpaired) electrons. The lowest BCUT2D eigenvalue weighted by molar-refractivity contribution is 0.134. The summed E-state index contributed by atoms with van der Waals surface area (Å²) in [4.78, 5) is 0. The smallest absolute Gasteiger partial charge is 0.263 e. The summed E-state index contributed by atoms with van der Waals surface area (Å²) in [6, 6.07) is 14.3. The van der Waals surface area contributed by atoms with Crippen molar-refractivity contribution in [1.29, 1.82) is 0 Å². The Labute approximate surface area is 123 Å². The molecule has 0 aliphatic carbocycles. The zero-order chi connectivity index (χ0) is 15.1. The SMILES string of the molecule is CCOCc1ccccc1NCc1cccc(C(F)F)c1. The fraction of sp³-hybridized carbons (Fsp3) is 0.294. The van der Waals surface area contributed by atoms with Crippen LogP contribution in [-0.4, -0.2) is 6.61 Å². The Bertz CT molecular complexity index is 572. The lowest BCUT2D eigenvalue weighted by Gasteiger charge is -2.12. The number of hydrogen-bond acceptors (Lipinski definition) is 2. The van der Waals surface area contributed by atoms with E-state index in [-0.39, 0.29) is 5.56 Å². The largest absolute Gasteiger partial charge is 0.381 e. The molecule has 112 valence electrons. The van der Waals surface area contributed by atoms with Crippen LogP contribution in [0.25, 0.3) is 0 Å². The number of benzene rings is 2. The molecule has 0 aliphatic heterocycles. The molecule has 0 fully saturated rings. The Kier molecular flexibility index (Phi) is 5.69. The Morgan fingerprint density at radius 2 is 1.90 bits per heavy atom. The normalized spacial score (nSPS) is 10.9. The minimum Gasteiger partial charge on any atom is -0.381 e. The van der Waals surface area contributed by atoms with Crippen LogP contribution in [0.5, 0.6) is 0 Å². The summed E-state index contributed by atoms with van der Waals surface area (Å²) in [5, 5.41) is 3.28. The molecule has 2 aromatic rings. The van der Waals surface area contributed by atoms with Gasteiger partial charge in [0.25, 0.3) is 6.43 Å². The van der Waals surface area contributed by atoms with Crippen LogP contribution in [-0.2, 0) is 17.9 Å². The van der Waals surface area contributed by atoms with E-state index in [9.17, 15) is 8.78 Å². The topological polar surface area (TPSA) is 21.3 Å². The highest BCUT2D eigenvalue weighted by molar-refractivity contribution is 5.51. The number of halogens is 2. The number of rotatable bonds is 7. The fourth-order valence-electron chi connectivity index (χ4n) is 2.07. The molecule has 0 saturated heterocycles. The Balaban J connectivity index is 2.04. The van der Waals surface area contributed by atoms with Crippen molar-refractivity contribution < 1.29 is 13.5 Å². The van der Waals surface area contributed by atoms with Crippen molar-refractivity contribution in [2.24, 2.45) is 0 Å². The van der Waals surface area contributed by atoms with E-state index in [4.69, 9.17) is 4.74 Å². The van der Waals surface area contributed by atoms with Crippen LogP contribution in [0, 0.1) is 0 Å². The van der Waals surface area contributed by atoms with Gasteiger partial charge in [-0.05, 0) is 24.6 Å². The highest BCUT2D eigenvalue weighted by atomic mass is 19.3. The van der Waals surface area contributed by atoms with E-state index in [0.29, 0.717) is 19.8 Å². The summed E-state index contributed by atoms with van der Waals surface area (Å²) in [6.45, 7) is 3.65. The quantitative estimate of drug-likeness (QED) is 0.793. The molecule has 2 aromatic carbocycles. The van der Waals surface area contributed by atoms with Crippen LogP contribution in [0.3, 0.4) is 0 Å². The van der Waals surface area contributed by atoms with Crippen LogP contribution < -0.4 is 5.32 Å². The van der Waals surface area contributed by atoms with Crippen molar-refractivity contribution in [2.45, 2.75) is 26.5 Å². The van der Waals surface area contributed by atoms with E-state index in [1.54, 1.807) is 6.07 Å². The number of hydrogen-bond donors (Lipinski definition) is 1. The van der Waals surface area contributed by atoms with Gasteiger partial charge < -0.3 is 10.1 Å². The maximum atomic E-state index is 12.7. The summed E-state index contributed by atoms with van der Waals surface area (Å²) in [6.07, 6.45) is -2.44. The minimum absolute atomic E-state index is 0.0527. The molecule has 0 heterocycles. The van der Waals surface area contributed by atoms with Crippen molar-refractivity contribution >= 4 is 5.69 Å². The average molecular weight is 291 g/mol. The highest BCUT2D eigenvalue weighted by Gasteiger charge is 2.07. The van der Waals surface area contributed by atoms with Crippen molar-refractivity contribution in [3.63, 3.8) is 0 Å². The molecular weight excluding hydrogens is 272 g/mol. The van der Waals surface area contributed by atoms with Crippen molar-refractivity contribution in [3.05, 3.63) is 65.2 Å². The van der Waals surface area contributed by atoms with Crippen molar-refractivity contribution in [3.8, 4) is 0 Å². The van der Waals surface area contributed by atoms with Gasteiger partial charge in [-0.3, -0.25) is 0 Å². The third-order valence-electron chi connectivity index (χ3n) is 3.17.